The van der Waals surface area contributed by atoms with Crippen LogP contribution >= 0.6 is 22.3 Å². The summed E-state index contributed by atoms with van der Waals surface area (Å²) in [7, 11) is 1.33. The Morgan fingerprint density at radius 2 is 2.14 bits per heavy atom. The Kier molecular flexibility index (Phi) is 2.13. The fourth-order valence-electron chi connectivity index (χ4n) is 0.998. The average Bonchev–Trinajstić information content (AvgIpc) is 2.45. The molecule has 0 aliphatic carbocycles. The molecule has 0 unspecified atom stereocenters. The summed E-state index contributed by atoms with van der Waals surface area (Å²) in [4.78, 5) is 3.65. The maximum atomic E-state index is 11.0. The molecule has 0 bridgehead atoms. The molecule has 0 N–H and O–H groups in total. The van der Waals surface area contributed by atoms with E-state index in [9.17, 15) is 8.42 Å². The number of halogens is 2. The van der Waals surface area contributed by atoms with E-state index in [1.807, 2.05) is 0 Å². The predicted octanol–water partition coefficient (Wildman–Crippen LogP) is 1.31. The number of aromatic nitrogens is 3. The summed E-state index contributed by atoms with van der Waals surface area (Å²) >= 11 is 5.61. The van der Waals surface area contributed by atoms with Crippen molar-refractivity contribution in [3.8, 4) is 0 Å². The van der Waals surface area contributed by atoms with Gasteiger partial charge in [-0.1, -0.05) is 11.6 Å². The van der Waals surface area contributed by atoms with Crippen LogP contribution in [0.5, 0.6) is 0 Å². The van der Waals surface area contributed by atoms with Gasteiger partial charge in [0.05, 0.1) is 6.20 Å². The van der Waals surface area contributed by atoms with Crippen LogP contribution in [0.2, 0.25) is 5.15 Å². The topological polar surface area (TPSA) is 64.3 Å². The minimum Gasteiger partial charge on any atom is -0.221 e. The molecule has 0 saturated heterocycles. The third-order valence-corrected chi connectivity index (χ3v) is 3.09. The Bertz CT molecular complexity index is 592. The zero-order chi connectivity index (χ0) is 10.3. The molecule has 2 aromatic rings. The van der Waals surface area contributed by atoms with Crippen LogP contribution in [0, 0.1) is 0 Å². The molecular weight excluding hydrogens is 249 g/mol. The zero-order valence-electron chi connectivity index (χ0n) is 6.55. The summed E-state index contributed by atoms with van der Waals surface area (Å²) < 4.78 is 23.4. The summed E-state index contributed by atoms with van der Waals surface area (Å²) in [6.45, 7) is 0. The number of rotatable bonds is 1. The molecular formula is C6H3Cl2N3O2S. The second kappa shape index (κ2) is 3.08. The molecule has 2 rings (SSSR count). The van der Waals surface area contributed by atoms with Gasteiger partial charge in [0.15, 0.2) is 5.65 Å². The average molecular weight is 252 g/mol. The molecule has 0 fully saturated rings. The van der Waals surface area contributed by atoms with E-state index in [0.29, 0.717) is 0 Å². The lowest BCUT2D eigenvalue weighted by atomic mass is 10.6. The van der Waals surface area contributed by atoms with E-state index in [1.54, 1.807) is 0 Å². The summed E-state index contributed by atoms with van der Waals surface area (Å²) in [6.07, 6.45) is 2.62. The molecule has 0 atom stereocenters. The minimum absolute atomic E-state index is 0.118. The second-order valence-electron chi connectivity index (χ2n) is 2.47. The Morgan fingerprint density at radius 3 is 2.79 bits per heavy atom. The SMILES string of the molecule is O=S(=O)(Cl)c1cnn2ccc(Cl)nc12. The summed E-state index contributed by atoms with van der Waals surface area (Å²) in [6, 6.07) is 1.49. The summed E-state index contributed by atoms with van der Waals surface area (Å²) in [5.74, 6) is 0. The van der Waals surface area contributed by atoms with Crippen LogP contribution in [0.1, 0.15) is 0 Å². The molecule has 8 heteroatoms. The monoisotopic (exact) mass is 251 g/mol. The number of nitrogens with zero attached hydrogens (tertiary/aromatic N) is 3. The molecule has 74 valence electrons. The van der Waals surface area contributed by atoms with Gasteiger partial charge in [-0.15, -0.1) is 0 Å². The van der Waals surface area contributed by atoms with Crippen LogP contribution in [-0.2, 0) is 9.05 Å². The molecule has 0 aliphatic heterocycles. The lowest BCUT2D eigenvalue weighted by Crippen LogP contribution is -1.93. The maximum absolute atomic E-state index is 11.0. The zero-order valence-corrected chi connectivity index (χ0v) is 8.88. The molecule has 0 saturated carbocycles. The highest BCUT2D eigenvalue weighted by molar-refractivity contribution is 8.13. The van der Waals surface area contributed by atoms with Crippen molar-refractivity contribution in [1.29, 1.82) is 0 Å². The molecule has 0 aliphatic rings. The number of fused-ring (bicyclic) bond motifs is 1. The number of hydrogen-bond donors (Lipinski definition) is 0. The Hall–Kier alpha value is -0.850. The van der Waals surface area contributed by atoms with E-state index >= 15 is 0 Å². The Labute approximate surface area is 88.7 Å². The third-order valence-electron chi connectivity index (χ3n) is 1.57. The van der Waals surface area contributed by atoms with Crippen molar-refractivity contribution in [2.24, 2.45) is 0 Å². The van der Waals surface area contributed by atoms with Gasteiger partial charge in [0.1, 0.15) is 10.0 Å². The van der Waals surface area contributed by atoms with Crippen LogP contribution in [0.4, 0.5) is 0 Å². The Balaban J connectivity index is 2.87. The summed E-state index contributed by atoms with van der Waals surface area (Å²) in [5, 5.41) is 3.94. The second-order valence-corrected chi connectivity index (χ2v) is 5.39. The van der Waals surface area contributed by atoms with Gasteiger partial charge in [-0.3, -0.25) is 0 Å². The van der Waals surface area contributed by atoms with Gasteiger partial charge in [-0.2, -0.15) is 5.10 Å². The van der Waals surface area contributed by atoms with Gasteiger partial charge in [-0.25, -0.2) is 17.9 Å². The van der Waals surface area contributed by atoms with E-state index in [2.05, 4.69) is 10.1 Å². The molecule has 0 spiro atoms. The lowest BCUT2D eigenvalue weighted by Gasteiger charge is -1.94. The smallest absolute Gasteiger partial charge is 0.221 e. The third kappa shape index (κ3) is 1.56. The van der Waals surface area contributed by atoms with E-state index < -0.39 is 9.05 Å². The fourth-order valence-corrected chi connectivity index (χ4v) is 1.99. The van der Waals surface area contributed by atoms with Gasteiger partial charge in [-0.05, 0) is 6.07 Å². The van der Waals surface area contributed by atoms with Gasteiger partial charge in [0, 0.05) is 16.9 Å². The predicted molar refractivity (Wildman–Crippen MR) is 51.0 cm³/mol. The molecule has 2 aromatic heterocycles. The standard InChI is InChI=1S/C6H3Cl2N3O2S/c7-5-1-2-11-6(10-5)4(3-9-11)14(8,12)13/h1-3H. The molecule has 0 aromatic carbocycles. The maximum Gasteiger partial charge on any atom is 0.266 e. The van der Waals surface area contributed by atoms with Crippen molar-refractivity contribution < 1.29 is 8.42 Å². The van der Waals surface area contributed by atoms with Crippen molar-refractivity contribution >= 4 is 37.0 Å². The van der Waals surface area contributed by atoms with Gasteiger partial charge >= 0.3 is 0 Å². The first-order valence-corrected chi connectivity index (χ1v) is 6.12. The molecule has 14 heavy (non-hydrogen) atoms. The first-order chi connectivity index (χ1) is 6.48. The van der Waals surface area contributed by atoms with Crippen LogP contribution in [0.25, 0.3) is 5.65 Å². The number of hydrogen-bond acceptors (Lipinski definition) is 4. The molecule has 5 nitrogen and oxygen atoms in total. The fraction of sp³-hybridized carbons (Fsp3) is 0. The lowest BCUT2D eigenvalue weighted by molar-refractivity contribution is 0.610. The van der Waals surface area contributed by atoms with Crippen LogP contribution < -0.4 is 0 Å². The van der Waals surface area contributed by atoms with Gasteiger partial charge in [0.25, 0.3) is 9.05 Å². The van der Waals surface area contributed by atoms with Gasteiger partial charge < -0.3 is 0 Å². The first-order valence-electron chi connectivity index (χ1n) is 3.43. The van der Waals surface area contributed by atoms with Crippen LogP contribution in [0.3, 0.4) is 0 Å². The van der Waals surface area contributed by atoms with Crippen LogP contribution in [-0.4, -0.2) is 23.0 Å². The highest BCUT2D eigenvalue weighted by atomic mass is 35.7. The van der Waals surface area contributed by atoms with Crippen LogP contribution in [0.15, 0.2) is 23.4 Å². The normalized spacial score (nSPS) is 12.1. The van der Waals surface area contributed by atoms with E-state index in [-0.39, 0.29) is 15.7 Å². The van der Waals surface area contributed by atoms with E-state index in [0.717, 1.165) is 6.20 Å². The first kappa shape index (κ1) is 9.70. The van der Waals surface area contributed by atoms with Crippen molar-refractivity contribution in [3.05, 3.63) is 23.6 Å². The highest BCUT2D eigenvalue weighted by Gasteiger charge is 2.17. The Morgan fingerprint density at radius 1 is 1.43 bits per heavy atom. The molecule has 2 heterocycles. The van der Waals surface area contributed by atoms with Crippen molar-refractivity contribution in [2.75, 3.05) is 0 Å². The quantitative estimate of drug-likeness (QED) is 0.567. The van der Waals surface area contributed by atoms with Crippen molar-refractivity contribution in [1.82, 2.24) is 14.6 Å². The summed E-state index contributed by atoms with van der Waals surface area (Å²) in [5.41, 5.74) is 0.118. The van der Waals surface area contributed by atoms with E-state index in [1.165, 1.54) is 16.8 Å². The molecule has 0 amide bonds. The van der Waals surface area contributed by atoms with Crippen molar-refractivity contribution in [2.45, 2.75) is 4.90 Å². The largest absolute Gasteiger partial charge is 0.266 e. The highest BCUT2D eigenvalue weighted by Crippen LogP contribution is 2.19. The van der Waals surface area contributed by atoms with Crippen molar-refractivity contribution in [3.63, 3.8) is 0 Å². The van der Waals surface area contributed by atoms with Gasteiger partial charge in [0.2, 0.25) is 0 Å². The van der Waals surface area contributed by atoms with E-state index in [4.69, 9.17) is 22.3 Å². The minimum atomic E-state index is -3.84. The molecule has 0 radical (unpaired) electrons.